The Bertz CT molecular complexity index is 1280. The van der Waals surface area contributed by atoms with Gasteiger partial charge < -0.3 is 5.11 Å². The third-order valence-electron chi connectivity index (χ3n) is 4.76. The fourth-order valence-corrected chi connectivity index (χ4v) is 4.24. The second kappa shape index (κ2) is 8.03. The van der Waals surface area contributed by atoms with Crippen LogP contribution in [0.1, 0.15) is 27.7 Å². The van der Waals surface area contributed by atoms with Crippen molar-refractivity contribution in [2.45, 2.75) is 19.6 Å². The highest BCUT2D eigenvalue weighted by atomic mass is 32.1. The lowest BCUT2D eigenvalue weighted by atomic mass is 10.2. The van der Waals surface area contributed by atoms with E-state index in [-0.39, 0.29) is 12.1 Å². The number of aromatic nitrogens is 2. The zero-order valence-electron chi connectivity index (χ0n) is 15.9. The van der Waals surface area contributed by atoms with Crippen LogP contribution in [0, 0.1) is 6.92 Å². The molecule has 0 amide bonds. The molecule has 5 nitrogen and oxygen atoms in total. The van der Waals surface area contributed by atoms with Gasteiger partial charge in [-0.1, -0.05) is 72.8 Å². The van der Waals surface area contributed by atoms with Crippen molar-refractivity contribution in [2.75, 3.05) is 0 Å². The highest BCUT2D eigenvalue weighted by molar-refractivity contribution is 7.17. The zero-order valence-corrected chi connectivity index (χ0v) is 16.7. The lowest BCUT2D eigenvalue weighted by Gasteiger charge is -2.07. The Labute approximate surface area is 171 Å². The van der Waals surface area contributed by atoms with Gasteiger partial charge in [0.2, 0.25) is 0 Å². The van der Waals surface area contributed by atoms with Gasteiger partial charge in [0, 0.05) is 11.8 Å². The Morgan fingerprint density at radius 1 is 1.03 bits per heavy atom. The lowest BCUT2D eigenvalue weighted by molar-refractivity contribution is 0.233. The topological polar surface area (TPSA) is 63.7 Å². The van der Waals surface area contributed by atoms with Gasteiger partial charge in [-0.3, -0.25) is 13.8 Å². The summed E-state index contributed by atoms with van der Waals surface area (Å²) >= 11 is 1.26. The fraction of sp³-hybridized carbons (Fsp3) is 0.130. The SMILES string of the molecule is Cc1c(=O)n(Cc2ccccc2)c(=O)n2cc(C(O)C=Cc3ccccc3)sc12. The van der Waals surface area contributed by atoms with E-state index in [1.54, 1.807) is 19.2 Å². The minimum atomic E-state index is -0.864. The minimum absolute atomic E-state index is 0.212. The highest BCUT2D eigenvalue weighted by Gasteiger charge is 2.17. The van der Waals surface area contributed by atoms with E-state index in [9.17, 15) is 14.7 Å². The molecule has 0 radical (unpaired) electrons. The van der Waals surface area contributed by atoms with Gasteiger partial charge in [0.25, 0.3) is 5.56 Å². The number of benzene rings is 2. The number of aliphatic hydroxyl groups excluding tert-OH is 1. The second-order valence-corrected chi connectivity index (χ2v) is 7.87. The molecule has 29 heavy (non-hydrogen) atoms. The van der Waals surface area contributed by atoms with Gasteiger partial charge in [0.1, 0.15) is 10.9 Å². The number of fused-ring (bicyclic) bond motifs is 1. The fourth-order valence-electron chi connectivity index (χ4n) is 3.19. The molecule has 0 aliphatic carbocycles. The van der Waals surface area contributed by atoms with E-state index < -0.39 is 11.8 Å². The molecule has 2 aromatic carbocycles. The third-order valence-corrected chi connectivity index (χ3v) is 6.04. The molecule has 146 valence electrons. The van der Waals surface area contributed by atoms with Crippen molar-refractivity contribution in [3.63, 3.8) is 0 Å². The van der Waals surface area contributed by atoms with Crippen LogP contribution < -0.4 is 11.2 Å². The molecule has 4 aromatic rings. The highest BCUT2D eigenvalue weighted by Crippen LogP contribution is 2.25. The van der Waals surface area contributed by atoms with Gasteiger partial charge in [-0.2, -0.15) is 0 Å². The lowest BCUT2D eigenvalue weighted by Crippen LogP contribution is -2.38. The van der Waals surface area contributed by atoms with Crippen LogP contribution in [0.25, 0.3) is 10.9 Å². The molecule has 2 heterocycles. The quantitative estimate of drug-likeness (QED) is 0.553. The Kier molecular flexibility index (Phi) is 5.29. The predicted octanol–water partition coefficient (Wildman–Crippen LogP) is 3.63. The third kappa shape index (κ3) is 3.85. The predicted molar refractivity (Wildman–Crippen MR) is 117 cm³/mol. The summed E-state index contributed by atoms with van der Waals surface area (Å²) in [5.74, 6) is 0. The molecule has 0 fully saturated rings. The number of thiazole rings is 1. The summed E-state index contributed by atoms with van der Waals surface area (Å²) in [4.78, 5) is 26.9. The summed E-state index contributed by atoms with van der Waals surface area (Å²) in [6.45, 7) is 1.93. The van der Waals surface area contributed by atoms with Crippen LogP contribution in [0.4, 0.5) is 0 Å². The number of aryl methyl sites for hydroxylation is 1. The number of aliphatic hydroxyl groups is 1. The van der Waals surface area contributed by atoms with Crippen molar-refractivity contribution in [3.05, 3.63) is 115 Å². The Hall–Kier alpha value is -3.22. The number of nitrogens with zero attached hydrogens (tertiary/aromatic N) is 2. The van der Waals surface area contributed by atoms with Gasteiger partial charge in [0.15, 0.2) is 0 Å². The standard InChI is InChI=1S/C23H20N2O3S/c1-16-21(27)24(14-18-10-6-3-7-11-18)23(28)25-15-20(29-22(16)25)19(26)13-12-17-8-4-2-5-9-17/h2-13,15,19,26H,14H2,1H3. The molecule has 4 rings (SSSR count). The average Bonchev–Trinajstić information content (AvgIpc) is 3.21. The molecule has 1 atom stereocenters. The maximum Gasteiger partial charge on any atom is 0.336 e. The average molecular weight is 404 g/mol. The molecule has 0 bridgehead atoms. The summed E-state index contributed by atoms with van der Waals surface area (Å²) in [7, 11) is 0. The van der Waals surface area contributed by atoms with E-state index in [1.807, 2.05) is 66.7 Å². The van der Waals surface area contributed by atoms with E-state index >= 15 is 0 Å². The van der Waals surface area contributed by atoms with Crippen molar-refractivity contribution < 1.29 is 5.11 Å². The van der Waals surface area contributed by atoms with E-state index in [2.05, 4.69) is 0 Å². The van der Waals surface area contributed by atoms with E-state index in [0.717, 1.165) is 11.1 Å². The zero-order chi connectivity index (χ0) is 20.4. The first-order chi connectivity index (χ1) is 14.0. The van der Waals surface area contributed by atoms with Gasteiger partial charge in [-0.25, -0.2) is 4.79 Å². The molecule has 0 saturated heterocycles. The molecule has 0 spiro atoms. The Balaban J connectivity index is 1.73. The largest absolute Gasteiger partial charge is 0.383 e. The first-order valence-electron chi connectivity index (χ1n) is 9.25. The van der Waals surface area contributed by atoms with Crippen molar-refractivity contribution in [1.82, 2.24) is 8.97 Å². The van der Waals surface area contributed by atoms with Gasteiger partial charge >= 0.3 is 5.69 Å². The number of hydrogen-bond acceptors (Lipinski definition) is 4. The maximum atomic E-state index is 13.0. The summed E-state index contributed by atoms with van der Waals surface area (Å²) < 4.78 is 2.69. The summed E-state index contributed by atoms with van der Waals surface area (Å²) in [5.41, 5.74) is 1.65. The molecule has 0 aliphatic rings. The van der Waals surface area contributed by atoms with E-state index in [1.165, 1.54) is 20.3 Å². The Morgan fingerprint density at radius 2 is 1.69 bits per heavy atom. The maximum absolute atomic E-state index is 13.0. The first-order valence-corrected chi connectivity index (χ1v) is 10.1. The molecule has 0 saturated carbocycles. The number of rotatable bonds is 5. The molecule has 0 aliphatic heterocycles. The molecule has 2 aromatic heterocycles. The van der Waals surface area contributed by atoms with Crippen LogP contribution in [0.5, 0.6) is 0 Å². The minimum Gasteiger partial charge on any atom is -0.383 e. The molecular weight excluding hydrogens is 384 g/mol. The van der Waals surface area contributed by atoms with Crippen molar-refractivity contribution in [2.24, 2.45) is 0 Å². The molecular formula is C23H20N2O3S. The monoisotopic (exact) mass is 404 g/mol. The summed E-state index contributed by atoms with van der Waals surface area (Å²) in [5, 5.41) is 10.6. The van der Waals surface area contributed by atoms with Crippen LogP contribution in [-0.4, -0.2) is 14.1 Å². The van der Waals surface area contributed by atoms with Crippen molar-refractivity contribution in [3.8, 4) is 0 Å². The van der Waals surface area contributed by atoms with Crippen LogP contribution in [-0.2, 0) is 6.54 Å². The smallest absolute Gasteiger partial charge is 0.336 e. The van der Waals surface area contributed by atoms with Crippen LogP contribution >= 0.6 is 11.3 Å². The Morgan fingerprint density at radius 3 is 2.38 bits per heavy atom. The van der Waals surface area contributed by atoms with E-state index in [0.29, 0.717) is 15.3 Å². The first kappa shape index (κ1) is 19.1. The number of hydrogen-bond donors (Lipinski definition) is 1. The van der Waals surface area contributed by atoms with Gasteiger partial charge in [0.05, 0.1) is 11.4 Å². The van der Waals surface area contributed by atoms with Gasteiger partial charge in [-0.15, -0.1) is 11.3 Å². The molecule has 1 unspecified atom stereocenters. The molecule has 6 heteroatoms. The summed E-state index contributed by atoms with van der Waals surface area (Å²) in [6, 6.07) is 19.1. The van der Waals surface area contributed by atoms with Crippen LogP contribution in [0.3, 0.4) is 0 Å². The molecule has 1 N–H and O–H groups in total. The summed E-state index contributed by atoms with van der Waals surface area (Å²) in [6.07, 6.45) is 4.27. The van der Waals surface area contributed by atoms with E-state index in [4.69, 9.17) is 0 Å². The van der Waals surface area contributed by atoms with Crippen molar-refractivity contribution in [1.29, 1.82) is 0 Å². The van der Waals surface area contributed by atoms with Crippen molar-refractivity contribution >= 4 is 22.2 Å². The second-order valence-electron chi connectivity index (χ2n) is 6.81. The normalized spacial score (nSPS) is 12.6. The van der Waals surface area contributed by atoms with Crippen LogP contribution in [0.2, 0.25) is 0 Å². The van der Waals surface area contributed by atoms with Crippen LogP contribution in [0.15, 0.2) is 82.5 Å². The van der Waals surface area contributed by atoms with Gasteiger partial charge in [-0.05, 0) is 18.1 Å².